The molecule has 2 aliphatic heterocycles. The lowest BCUT2D eigenvalue weighted by Gasteiger charge is -2.28. The van der Waals surface area contributed by atoms with Gasteiger partial charge >= 0.3 is 0 Å². The summed E-state index contributed by atoms with van der Waals surface area (Å²) >= 11 is 0. The van der Waals surface area contributed by atoms with Crippen molar-refractivity contribution in [1.82, 2.24) is 15.8 Å². The molecule has 1 fully saturated rings. The summed E-state index contributed by atoms with van der Waals surface area (Å²) in [5.74, 6) is 1.82. The highest BCUT2D eigenvalue weighted by molar-refractivity contribution is 6.00. The highest BCUT2D eigenvalue weighted by atomic mass is 19.1. The van der Waals surface area contributed by atoms with Crippen molar-refractivity contribution in [3.05, 3.63) is 23.8 Å². The second-order valence-corrected chi connectivity index (χ2v) is 5.02. The Hall–Kier alpha value is -1.36. The minimum atomic E-state index is -0.931. The van der Waals surface area contributed by atoms with Crippen LogP contribution in [-0.2, 0) is 0 Å². The van der Waals surface area contributed by atoms with E-state index in [0.717, 1.165) is 43.9 Å². The summed E-state index contributed by atoms with van der Waals surface area (Å²) in [4.78, 5) is 4.44. The number of alkyl halides is 1. The number of halogens is 1. The van der Waals surface area contributed by atoms with Crippen LogP contribution in [0.4, 0.5) is 4.39 Å². The molecule has 1 aliphatic carbocycles. The maximum atomic E-state index is 14.5. The van der Waals surface area contributed by atoms with E-state index in [1.807, 2.05) is 24.2 Å². The number of hydrogen-bond acceptors (Lipinski definition) is 4. The lowest BCUT2D eigenvalue weighted by Crippen LogP contribution is -2.40. The van der Waals surface area contributed by atoms with Crippen LogP contribution in [0.25, 0.3) is 0 Å². The van der Waals surface area contributed by atoms with Gasteiger partial charge in [-0.3, -0.25) is 0 Å². The molecule has 0 aromatic heterocycles. The van der Waals surface area contributed by atoms with E-state index in [4.69, 9.17) is 0 Å². The van der Waals surface area contributed by atoms with Gasteiger partial charge in [0.05, 0.1) is 5.71 Å². The molecule has 3 aliphatic rings. The number of nitrogens with zero attached hydrogens (tertiary/aromatic N) is 2. The predicted molar refractivity (Wildman–Crippen MR) is 69.4 cm³/mol. The molecule has 5 heteroatoms. The average molecular weight is 250 g/mol. The maximum Gasteiger partial charge on any atom is 0.146 e. The third-order valence-electron chi connectivity index (χ3n) is 3.88. The molecule has 1 atom stereocenters. The van der Waals surface area contributed by atoms with Crippen molar-refractivity contribution in [1.29, 1.82) is 0 Å². The van der Waals surface area contributed by atoms with Gasteiger partial charge in [0.2, 0.25) is 0 Å². The van der Waals surface area contributed by atoms with E-state index in [-0.39, 0.29) is 5.92 Å². The van der Waals surface area contributed by atoms with Gasteiger partial charge in [0.1, 0.15) is 17.8 Å². The van der Waals surface area contributed by atoms with Gasteiger partial charge < -0.3 is 5.32 Å². The van der Waals surface area contributed by atoms with Crippen LogP contribution in [0.2, 0.25) is 0 Å². The zero-order chi connectivity index (χ0) is 12.5. The van der Waals surface area contributed by atoms with Crippen molar-refractivity contribution in [2.24, 2.45) is 10.9 Å². The first-order valence-electron chi connectivity index (χ1n) is 6.65. The molecular weight excluding hydrogens is 231 g/mol. The second kappa shape index (κ2) is 4.72. The summed E-state index contributed by atoms with van der Waals surface area (Å²) in [6.45, 7) is 0.742. The standard InChI is InChI=1S/C13H19FN4/c1-15-12-8-10(13(14)9-4-2-3-5-9)17-11-6-7-16-18(11)12/h6,8-9,13,15-16H,2-5,7H2,1H3. The highest BCUT2D eigenvalue weighted by Gasteiger charge is 2.32. The zero-order valence-electron chi connectivity index (χ0n) is 10.6. The molecule has 98 valence electrons. The largest absolute Gasteiger partial charge is 0.373 e. The van der Waals surface area contributed by atoms with E-state index in [0.29, 0.717) is 5.71 Å². The summed E-state index contributed by atoms with van der Waals surface area (Å²) in [5, 5.41) is 4.95. The van der Waals surface area contributed by atoms with E-state index >= 15 is 0 Å². The molecule has 3 rings (SSSR count). The quantitative estimate of drug-likeness (QED) is 0.800. The summed E-state index contributed by atoms with van der Waals surface area (Å²) in [5.41, 5.74) is 3.74. The van der Waals surface area contributed by atoms with E-state index in [1.165, 1.54) is 0 Å². The van der Waals surface area contributed by atoms with Crippen LogP contribution < -0.4 is 10.7 Å². The van der Waals surface area contributed by atoms with Crippen LogP contribution in [-0.4, -0.2) is 30.5 Å². The number of hydrogen-bond donors (Lipinski definition) is 2. The van der Waals surface area contributed by atoms with Crippen molar-refractivity contribution >= 4 is 5.71 Å². The first kappa shape index (κ1) is 11.7. The third-order valence-corrected chi connectivity index (χ3v) is 3.88. The molecule has 0 amide bonds. The average Bonchev–Trinajstić information content (AvgIpc) is 3.07. The molecule has 2 N–H and O–H groups in total. The Morgan fingerprint density at radius 2 is 2.28 bits per heavy atom. The van der Waals surface area contributed by atoms with Gasteiger partial charge in [-0.05, 0) is 24.8 Å². The van der Waals surface area contributed by atoms with Crippen molar-refractivity contribution in [2.45, 2.75) is 31.9 Å². The normalized spacial score (nSPS) is 25.4. The Balaban J connectivity index is 1.84. The predicted octanol–water partition coefficient (Wildman–Crippen LogP) is 1.69. The maximum absolute atomic E-state index is 14.5. The van der Waals surface area contributed by atoms with E-state index in [1.54, 1.807) is 0 Å². The van der Waals surface area contributed by atoms with Crippen molar-refractivity contribution in [2.75, 3.05) is 13.6 Å². The first-order valence-corrected chi connectivity index (χ1v) is 6.65. The third kappa shape index (κ3) is 1.92. The number of nitrogens with one attached hydrogen (secondary N) is 2. The fourth-order valence-electron chi connectivity index (χ4n) is 2.89. The SMILES string of the molecule is CNC1=CC(C(F)C2CCCC2)=NC2=CCNN21. The van der Waals surface area contributed by atoms with Crippen molar-refractivity contribution < 1.29 is 4.39 Å². The molecule has 0 aromatic carbocycles. The van der Waals surface area contributed by atoms with Gasteiger partial charge in [0, 0.05) is 19.7 Å². The van der Waals surface area contributed by atoms with Crippen LogP contribution in [0.1, 0.15) is 25.7 Å². The molecule has 0 bridgehead atoms. The molecular formula is C13H19FN4. The number of hydrazine groups is 1. The topological polar surface area (TPSA) is 39.7 Å². The number of rotatable bonds is 3. The summed E-state index contributed by atoms with van der Waals surface area (Å²) in [6.07, 6.45) is 7.15. The molecule has 0 spiro atoms. The van der Waals surface area contributed by atoms with Gasteiger partial charge in [0.25, 0.3) is 0 Å². The summed E-state index contributed by atoms with van der Waals surface area (Å²) in [6, 6.07) is 0. The Morgan fingerprint density at radius 1 is 1.50 bits per heavy atom. The van der Waals surface area contributed by atoms with Gasteiger partial charge in [-0.2, -0.15) is 0 Å². The van der Waals surface area contributed by atoms with Crippen molar-refractivity contribution in [3.63, 3.8) is 0 Å². The molecule has 2 heterocycles. The Labute approximate surface area is 107 Å². The highest BCUT2D eigenvalue weighted by Crippen LogP contribution is 2.32. The minimum absolute atomic E-state index is 0.152. The second-order valence-electron chi connectivity index (χ2n) is 5.02. The number of fused-ring (bicyclic) bond motifs is 1. The van der Waals surface area contributed by atoms with E-state index in [9.17, 15) is 4.39 Å². The van der Waals surface area contributed by atoms with Crippen molar-refractivity contribution in [3.8, 4) is 0 Å². The zero-order valence-corrected chi connectivity index (χ0v) is 10.6. The van der Waals surface area contributed by atoms with Crippen LogP contribution in [0.3, 0.4) is 0 Å². The van der Waals surface area contributed by atoms with Crippen LogP contribution in [0.15, 0.2) is 28.8 Å². The van der Waals surface area contributed by atoms with Gasteiger partial charge in [0.15, 0.2) is 0 Å². The molecule has 4 nitrogen and oxygen atoms in total. The lowest BCUT2D eigenvalue weighted by atomic mass is 9.97. The van der Waals surface area contributed by atoms with Crippen LogP contribution in [0, 0.1) is 5.92 Å². The number of aliphatic imine (C=N–C) groups is 1. The Kier molecular flexibility index (Phi) is 3.07. The monoisotopic (exact) mass is 250 g/mol. The molecule has 18 heavy (non-hydrogen) atoms. The smallest absolute Gasteiger partial charge is 0.146 e. The summed E-state index contributed by atoms with van der Waals surface area (Å²) < 4.78 is 14.5. The fourth-order valence-corrected chi connectivity index (χ4v) is 2.89. The molecule has 0 saturated heterocycles. The lowest BCUT2D eigenvalue weighted by molar-refractivity contribution is 0.296. The van der Waals surface area contributed by atoms with Gasteiger partial charge in [-0.25, -0.2) is 19.8 Å². The van der Waals surface area contributed by atoms with Gasteiger partial charge in [-0.15, -0.1) is 0 Å². The van der Waals surface area contributed by atoms with E-state index in [2.05, 4.69) is 15.7 Å². The fraction of sp³-hybridized carbons (Fsp3) is 0.615. The Bertz CT molecular complexity index is 421. The van der Waals surface area contributed by atoms with Crippen LogP contribution in [0.5, 0.6) is 0 Å². The number of allylic oxidation sites excluding steroid dienone is 1. The molecule has 1 unspecified atom stereocenters. The summed E-state index contributed by atoms with van der Waals surface area (Å²) in [7, 11) is 1.84. The Morgan fingerprint density at radius 3 is 3.00 bits per heavy atom. The van der Waals surface area contributed by atoms with E-state index < -0.39 is 6.17 Å². The first-order chi connectivity index (χ1) is 8.79. The molecule has 0 radical (unpaired) electrons. The molecule has 1 saturated carbocycles. The van der Waals surface area contributed by atoms with Crippen LogP contribution >= 0.6 is 0 Å². The molecule has 0 aromatic rings. The minimum Gasteiger partial charge on any atom is -0.373 e. The van der Waals surface area contributed by atoms with Gasteiger partial charge in [-0.1, -0.05) is 12.8 Å².